The molecule has 0 spiro atoms. The van der Waals surface area contributed by atoms with Crippen LogP contribution in [0.25, 0.3) is 0 Å². The molecule has 4 nitrogen and oxygen atoms in total. The van der Waals surface area contributed by atoms with E-state index in [9.17, 15) is 9.90 Å². The van der Waals surface area contributed by atoms with Gasteiger partial charge in [-0.15, -0.1) is 0 Å². The summed E-state index contributed by atoms with van der Waals surface area (Å²) in [4.78, 5) is 13.6. The molecule has 1 amide bonds. The van der Waals surface area contributed by atoms with Crippen molar-refractivity contribution >= 4 is 5.91 Å². The van der Waals surface area contributed by atoms with Gasteiger partial charge >= 0.3 is 0 Å². The van der Waals surface area contributed by atoms with Gasteiger partial charge in [-0.1, -0.05) is 72.8 Å². The van der Waals surface area contributed by atoms with E-state index in [1.54, 1.807) is 6.07 Å². The van der Waals surface area contributed by atoms with Crippen LogP contribution in [0.2, 0.25) is 0 Å². The second-order valence-corrected chi connectivity index (χ2v) is 6.65. The maximum atomic E-state index is 11.5. The lowest BCUT2D eigenvalue weighted by atomic mass is 10.1. The molecule has 138 valence electrons. The summed E-state index contributed by atoms with van der Waals surface area (Å²) in [5, 5.41) is 10.7. The third-order valence-electron chi connectivity index (χ3n) is 4.48. The Morgan fingerprint density at radius 1 is 0.852 bits per heavy atom. The van der Waals surface area contributed by atoms with Crippen molar-refractivity contribution in [1.82, 2.24) is 4.90 Å². The van der Waals surface area contributed by atoms with E-state index in [1.807, 2.05) is 66.7 Å². The first kappa shape index (κ1) is 18.8. The van der Waals surface area contributed by atoms with Crippen LogP contribution in [0.15, 0.2) is 84.9 Å². The van der Waals surface area contributed by atoms with Crippen molar-refractivity contribution in [3.8, 4) is 0 Å². The monoisotopic (exact) mass is 360 g/mol. The Morgan fingerprint density at radius 2 is 1.44 bits per heavy atom. The van der Waals surface area contributed by atoms with Gasteiger partial charge in [0.1, 0.15) is 0 Å². The summed E-state index contributed by atoms with van der Waals surface area (Å²) in [5.41, 5.74) is 8.95. The van der Waals surface area contributed by atoms with Gasteiger partial charge in [0.05, 0.1) is 6.10 Å². The Labute approximate surface area is 159 Å². The summed E-state index contributed by atoms with van der Waals surface area (Å²) in [6, 6.07) is 27.1. The van der Waals surface area contributed by atoms with E-state index in [-0.39, 0.29) is 0 Å². The molecule has 0 bridgehead atoms. The number of hydrogen-bond acceptors (Lipinski definition) is 3. The Balaban J connectivity index is 1.79. The van der Waals surface area contributed by atoms with E-state index in [2.05, 4.69) is 17.0 Å². The average molecular weight is 360 g/mol. The van der Waals surface area contributed by atoms with E-state index in [0.29, 0.717) is 25.2 Å². The van der Waals surface area contributed by atoms with Crippen molar-refractivity contribution in [2.45, 2.75) is 19.2 Å². The second-order valence-electron chi connectivity index (χ2n) is 6.65. The van der Waals surface area contributed by atoms with E-state index < -0.39 is 12.0 Å². The minimum atomic E-state index is -0.589. The van der Waals surface area contributed by atoms with Crippen molar-refractivity contribution in [3.05, 3.63) is 107 Å². The zero-order valence-electron chi connectivity index (χ0n) is 15.2. The lowest BCUT2D eigenvalue weighted by Gasteiger charge is -2.26. The largest absolute Gasteiger partial charge is 0.387 e. The molecule has 4 heteroatoms. The van der Waals surface area contributed by atoms with Crippen LogP contribution in [0.1, 0.15) is 33.2 Å². The van der Waals surface area contributed by atoms with Gasteiger partial charge < -0.3 is 10.8 Å². The summed E-state index contributed by atoms with van der Waals surface area (Å²) in [6.07, 6.45) is -0.589. The standard InChI is InChI=1S/C23H24N2O2/c24-23(27)21-13-7-10-19(14-21)16-25(15-18-8-3-1-4-9-18)17-22(26)20-11-5-2-6-12-20/h1-14,22,26H,15-17H2,(H2,24,27). The van der Waals surface area contributed by atoms with E-state index in [1.165, 1.54) is 5.56 Å². The van der Waals surface area contributed by atoms with Crippen LogP contribution in [0.5, 0.6) is 0 Å². The number of nitrogens with zero attached hydrogens (tertiary/aromatic N) is 1. The highest BCUT2D eigenvalue weighted by Gasteiger charge is 2.15. The molecule has 3 rings (SSSR count). The Bertz CT molecular complexity index is 866. The lowest BCUT2D eigenvalue weighted by molar-refractivity contribution is 0.0996. The van der Waals surface area contributed by atoms with Crippen LogP contribution < -0.4 is 5.73 Å². The number of amides is 1. The van der Waals surface area contributed by atoms with Crippen LogP contribution in [0.4, 0.5) is 0 Å². The molecule has 0 aliphatic heterocycles. The second kappa shape index (κ2) is 9.12. The van der Waals surface area contributed by atoms with Crippen LogP contribution in [0.3, 0.4) is 0 Å². The molecule has 0 heterocycles. The number of rotatable bonds is 8. The minimum Gasteiger partial charge on any atom is -0.387 e. The molecule has 27 heavy (non-hydrogen) atoms. The number of aliphatic hydroxyl groups is 1. The minimum absolute atomic E-state index is 0.434. The summed E-state index contributed by atoms with van der Waals surface area (Å²) in [6.45, 7) is 1.80. The molecule has 0 aliphatic rings. The van der Waals surface area contributed by atoms with Crippen LogP contribution in [0, 0.1) is 0 Å². The molecule has 0 aromatic heterocycles. The SMILES string of the molecule is NC(=O)c1cccc(CN(Cc2ccccc2)CC(O)c2ccccc2)c1. The van der Waals surface area contributed by atoms with E-state index in [0.717, 1.165) is 11.1 Å². The van der Waals surface area contributed by atoms with Gasteiger partial charge in [-0.05, 0) is 28.8 Å². The molecule has 3 N–H and O–H groups in total. The lowest BCUT2D eigenvalue weighted by Crippen LogP contribution is -2.28. The predicted octanol–water partition coefficient (Wildman–Crippen LogP) is 3.52. The van der Waals surface area contributed by atoms with Crippen LogP contribution in [-0.2, 0) is 13.1 Å². The number of benzene rings is 3. The highest BCUT2D eigenvalue weighted by Crippen LogP contribution is 2.18. The molecule has 0 fully saturated rings. The molecular weight excluding hydrogens is 336 g/mol. The maximum Gasteiger partial charge on any atom is 0.248 e. The van der Waals surface area contributed by atoms with Crippen molar-refractivity contribution in [2.75, 3.05) is 6.54 Å². The number of aliphatic hydroxyl groups excluding tert-OH is 1. The van der Waals surface area contributed by atoms with Crippen molar-refractivity contribution in [3.63, 3.8) is 0 Å². The molecule has 0 saturated heterocycles. The van der Waals surface area contributed by atoms with Gasteiger partial charge in [0, 0.05) is 25.2 Å². The van der Waals surface area contributed by atoms with Crippen LogP contribution in [-0.4, -0.2) is 22.5 Å². The summed E-state index contributed by atoms with van der Waals surface area (Å²) in [5.74, 6) is -0.434. The smallest absolute Gasteiger partial charge is 0.248 e. The molecule has 3 aromatic carbocycles. The summed E-state index contributed by atoms with van der Waals surface area (Å²) >= 11 is 0. The highest BCUT2D eigenvalue weighted by atomic mass is 16.3. The number of hydrogen-bond donors (Lipinski definition) is 2. The first-order valence-electron chi connectivity index (χ1n) is 9.00. The molecule has 1 unspecified atom stereocenters. The first-order valence-corrected chi connectivity index (χ1v) is 9.00. The van der Waals surface area contributed by atoms with Crippen LogP contribution >= 0.6 is 0 Å². The zero-order valence-corrected chi connectivity index (χ0v) is 15.2. The van der Waals surface area contributed by atoms with E-state index in [4.69, 9.17) is 5.73 Å². The highest BCUT2D eigenvalue weighted by molar-refractivity contribution is 5.92. The third kappa shape index (κ3) is 5.51. The Hall–Kier alpha value is -2.95. The molecule has 0 saturated carbocycles. The summed E-state index contributed by atoms with van der Waals surface area (Å²) in [7, 11) is 0. The maximum absolute atomic E-state index is 11.5. The normalized spacial score (nSPS) is 12.1. The number of carbonyl (C=O) groups excluding carboxylic acids is 1. The van der Waals surface area contributed by atoms with Gasteiger partial charge in [-0.25, -0.2) is 0 Å². The molecule has 3 aromatic rings. The average Bonchev–Trinajstić information content (AvgIpc) is 2.69. The van der Waals surface area contributed by atoms with Crippen molar-refractivity contribution in [1.29, 1.82) is 0 Å². The van der Waals surface area contributed by atoms with Gasteiger partial charge in [0.15, 0.2) is 0 Å². The Morgan fingerprint density at radius 3 is 2.11 bits per heavy atom. The van der Waals surface area contributed by atoms with Gasteiger partial charge in [-0.2, -0.15) is 0 Å². The van der Waals surface area contributed by atoms with Crippen molar-refractivity contribution < 1.29 is 9.90 Å². The predicted molar refractivity (Wildman–Crippen MR) is 107 cm³/mol. The molecule has 0 aliphatic carbocycles. The molecular formula is C23H24N2O2. The topological polar surface area (TPSA) is 66.6 Å². The fraction of sp³-hybridized carbons (Fsp3) is 0.174. The number of carbonyl (C=O) groups is 1. The van der Waals surface area contributed by atoms with Crippen molar-refractivity contribution in [2.24, 2.45) is 5.73 Å². The van der Waals surface area contributed by atoms with E-state index >= 15 is 0 Å². The van der Waals surface area contributed by atoms with Gasteiger partial charge in [0.25, 0.3) is 0 Å². The third-order valence-corrected chi connectivity index (χ3v) is 4.48. The first-order chi connectivity index (χ1) is 13.1. The summed E-state index contributed by atoms with van der Waals surface area (Å²) < 4.78 is 0. The number of primary amides is 1. The fourth-order valence-corrected chi connectivity index (χ4v) is 3.13. The van der Waals surface area contributed by atoms with Gasteiger partial charge in [0.2, 0.25) is 5.91 Å². The molecule has 0 radical (unpaired) electrons. The quantitative estimate of drug-likeness (QED) is 0.646. The molecule has 1 atom stereocenters. The zero-order chi connectivity index (χ0) is 19.1. The Kier molecular flexibility index (Phi) is 6.36. The fourth-order valence-electron chi connectivity index (χ4n) is 3.13. The van der Waals surface area contributed by atoms with Gasteiger partial charge in [-0.3, -0.25) is 9.69 Å². The number of nitrogens with two attached hydrogens (primary N) is 1.